The fourth-order valence-electron chi connectivity index (χ4n) is 5.52. The van der Waals surface area contributed by atoms with Crippen LogP contribution < -0.4 is 10.6 Å². The normalized spacial score (nSPS) is 18.8. The molecule has 0 spiro atoms. The van der Waals surface area contributed by atoms with Crippen molar-refractivity contribution in [1.82, 2.24) is 25.2 Å². The van der Waals surface area contributed by atoms with Crippen LogP contribution in [0.15, 0.2) is 85.2 Å². The molecule has 44 heavy (non-hydrogen) atoms. The first-order valence-corrected chi connectivity index (χ1v) is 14.8. The van der Waals surface area contributed by atoms with Crippen LogP contribution in [0.2, 0.25) is 0 Å². The summed E-state index contributed by atoms with van der Waals surface area (Å²) in [6.07, 6.45) is 0.885. The van der Waals surface area contributed by atoms with Gasteiger partial charge in [-0.2, -0.15) is 5.06 Å². The number of hydroxylamine groups is 2. The maximum absolute atomic E-state index is 13.5. The number of aromatic nitrogens is 2. The molecule has 2 heterocycles. The molecule has 0 aliphatic carbocycles. The number of para-hydroxylation sites is 2. The first-order chi connectivity index (χ1) is 21.4. The van der Waals surface area contributed by atoms with E-state index in [9.17, 15) is 19.8 Å². The van der Waals surface area contributed by atoms with Crippen molar-refractivity contribution in [2.24, 2.45) is 5.92 Å². The van der Waals surface area contributed by atoms with Crippen molar-refractivity contribution in [2.75, 3.05) is 19.7 Å². The Morgan fingerprint density at radius 2 is 1.84 bits per heavy atom. The van der Waals surface area contributed by atoms with Crippen LogP contribution in [-0.4, -0.2) is 74.6 Å². The molecule has 0 radical (unpaired) electrons. The monoisotopic (exact) mass is 595 g/mol. The van der Waals surface area contributed by atoms with Gasteiger partial charge < -0.3 is 25.4 Å². The van der Waals surface area contributed by atoms with E-state index in [-0.39, 0.29) is 31.5 Å². The predicted molar refractivity (Wildman–Crippen MR) is 166 cm³/mol. The number of hydrogen-bond acceptors (Lipinski definition) is 7. The van der Waals surface area contributed by atoms with E-state index >= 15 is 0 Å². The van der Waals surface area contributed by atoms with E-state index in [1.54, 1.807) is 42.6 Å². The number of carbonyl (C=O) groups excluding carboxylic acids is 2. The summed E-state index contributed by atoms with van der Waals surface area (Å²) in [4.78, 5) is 36.1. The second kappa shape index (κ2) is 14.8. The van der Waals surface area contributed by atoms with Gasteiger partial charge in [-0.15, -0.1) is 0 Å². The number of amides is 2. The van der Waals surface area contributed by atoms with Crippen LogP contribution in [-0.2, 0) is 22.7 Å². The summed E-state index contributed by atoms with van der Waals surface area (Å²) in [5, 5.41) is 27.9. The third-order valence-electron chi connectivity index (χ3n) is 7.65. The van der Waals surface area contributed by atoms with E-state index in [1.165, 1.54) is 0 Å². The lowest BCUT2D eigenvalue weighted by atomic mass is 9.89. The first-order valence-electron chi connectivity index (χ1n) is 14.8. The van der Waals surface area contributed by atoms with Crippen molar-refractivity contribution in [3.05, 3.63) is 102 Å². The molecule has 0 bridgehead atoms. The second-order valence-electron chi connectivity index (χ2n) is 10.8. The molecule has 1 aromatic heterocycles. The third-order valence-corrected chi connectivity index (χ3v) is 7.65. The average molecular weight is 596 g/mol. The number of aryl methyl sites for hydroxylation is 1. The summed E-state index contributed by atoms with van der Waals surface area (Å²) in [7, 11) is 0. The topological polar surface area (TPSA) is 129 Å². The van der Waals surface area contributed by atoms with Crippen LogP contribution in [0.4, 0.5) is 0 Å². The third kappa shape index (κ3) is 7.51. The molecular weight excluding hydrogens is 558 g/mol. The number of imidazole rings is 1. The van der Waals surface area contributed by atoms with Gasteiger partial charge in [0.25, 0.3) is 5.91 Å². The zero-order valence-electron chi connectivity index (χ0n) is 24.6. The molecule has 2 amide bonds. The van der Waals surface area contributed by atoms with E-state index in [0.29, 0.717) is 25.1 Å². The van der Waals surface area contributed by atoms with Gasteiger partial charge in [-0.3, -0.25) is 14.4 Å². The highest BCUT2D eigenvalue weighted by molar-refractivity contribution is 5.94. The average Bonchev–Trinajstić information content (AvgIpc) is 3.63. The molecular formula is C34H37N5O5. The number of aliphatic hydroxyl groups is 2. The Hall–Kier alpha value is -4.53. The lowest BCUT2D eigenvalue weighted by Gasteiger charge is -2.26. The zero-order valence-corrected chi connectivity index (χ0v) is 24.6. The first kappa shape index (κ1) is 30.9. The molecule has 4 aromatic rings. The van der Waals surface area contributed by atoms with Crippen molar-refractivity contribution in [3.8, 4) is 11.8 Å². The van der Waals surface area contributed by atoms with Crippen LogP contribution >= 0.6 is 0 Å². The van der Waals surface area contributed by atoms with Crippen molar-refractivity contribution in [3.63, 3.8) is 0 Å². The predicted octanol–water partition coefficient (Wildman–Crippen LogP) is 2.50. The van der Waals surface area contributed by atoms with E-state index in [0.717, 1.165) is 22.2 Å². The lowest BCUT2D eigenvalue weighted by molar-refractivity contribution is -0.181. The van der Waals surface area contributed by atoms with Gasteiger partial charge in [0.1, 0.15) is 12.1 Å². The highest BCUT2D eigenvalue weighted by Gasteiger charge is 2.49. The summed E-state index contributed by atoms with van der Waals surface area (Å²) in [6.45, 7) is 2.84. The highest BCUT2D eigenvalue weighted by Crippen LogP contribution is 2.32. The molecule has 10 heteroatoms. The molecule has 1 aliphatic rings. The van der Waals surface area contributed by atoms with Gasteiger partial charge in [0.15, 0.2) is 0 Å². The summed E-state index contributed by atoms with van der Waals surface area (Å²) < 4.78 is 2.06. The number of nitrogens with zero attached hydrogens (tertiary/aromatic N) is 3. The minimum atomic E-state index is -0.881. The lowest BCUT2D eigenvalue weighted by Crippen LogP contribution is -2.49. The number of aliphatic hydroxyl groups excluding tert-OH is 2. The molecule has 228 valence electrons. The number of carbonyl (C=O) groups is 2. The Kier molecular flexibility index (Phi) is 10.4. The van der Waals surface area contributed by atoms with Crippen LogP contribution in [0.3, 0.4) is 0 Å². The minimum absolute atomic E-state index is 0.189. The molecule has 5 rings (SSSR count). The van der Waals surface area contributed by atoms with Gasteiger partial charge in [0.2, 0.25) is 5.91 Å². The maximum atomic E-state index is 13.5. The molecule has 10 nitrogen and oxygen atoms in total. The van der Waals surface area contributed by atoms with Crippen LogP contribution in [0.25, 0.3) is 11.0 Å². The van der Waals surface area contributed by atoms with Crippen molar-refractivity contribution in [1.29, 1.82) is 0 Å². The van der Waals surface area contributed by atoms with Gasteiger partial charge in [0, 0.05) is 30.1 Å². The summed E-state index contributed by atoms with van der Waals surface area (Å²) in [5.74, 6) is 4.96. The molecule has 3 aromatic carbocycles. The Labute approximate surface area is 256 Å². The van der Waals surface area contributed by atoms with E-state index in [1.807, 2.05) is 54.6 Å². The second-order valence-corrected chi connectivity index (χ2v) is 10.8. The molecule has 1 fully saturated rings. The maximum Gasteiger partial charge on any atom is 0.252 e. The van der Waals surface area contributed by atoms with Gasteiger partial charge in [-0.05, 0) is 55.3 Å². The Bertz CT molecular complexity index is 1630. The van der Waals surface area contributed by atoms with Crippen LogP contribution in [0.5, 0.6) is 0 Å². The number of hydrogen-bond donors (Lipinski definition) is 4. The highest BCUT2D eigenvalue weighted by atomic mass is 16.7. The summed E-state index contributed by atoms with van der Waals surface area (Å²) in [6, 6.07) is 23.6. The number of fused-ring (bicyclic) bond motifs is 1. The number of nitrogens with one attached hydrogen (secondary N) is 2. The molecule has 0 saturated carbocycles. The summed E-state index contributed by atoms with van der Waals surface area (Å²) >= 11 is 0. The van der Waals surface area contributed by atoms with Crippen LogP contribution in [0, 0.1) is 17.8 Å². The molecule has 4 N–H and O–H groups in total. The quantitative estimate of drug-likeness (QED) is 0.155. The Morgan fingerprint density at radius 1 is 1.05 bits per heavy atom. The SMILES string of the molecule is C[C@@H](O)[C@@H]1C(C(=O)NCCCn2cnc3ccccc32)N(Cc2cccc(C#CCNC(=O)c3ccccc3)c2)O[C@@H]1CO. The molecule has 4 atom stereocenters. The molecule has 1 saturated heterocycles. The van der Waals surface area contributed by atoms with E-state index < -0.39 is 24.2 Å². The zero-order chi connectivity index (χ0) is 30.9. The Morgan fingerprint density at radius 3 is 2.64 bits per heavy atom. The van der Waals surface area contributed by atoms with Crippen LogP contribution in [0.1, 0.15) is 34.8 Å². The standard InChI is InChI=1S/C34H37N5O5/c1-24(41)31-30(22-40)44-39(32(31)34(43)36-18-9-19-38-23-37-28-15-5-6-16-29(28)38)21-26-11-7-10-25(20-26)12-8-17-35-33(42)27-13-3-2-4-14-27/h2-7,10-11,13-16,20,23-24,30-32,40-41H,9,17-19,21-22H2,1H3,(H,35,42)(H,36,43)/t24-,30-,31+,32?/m1/s1. The number of rotatable bonds is 11. The summed E-state index contributed by atoms with van der Waals surface area (Å²) in [5.41, 5.74) is 4.13. The smallest absolute Gasteiger partial charge is 0.252 e. The van der Waals surface area contributed by atoms with Crippen molar-refractivity contribution < 1.29 is 24.6 Å². The minimum Gasteiger partial charge on any atom is -0.394 e. The largest absolute Gasteiger partial charge is 0.394 e. The van der Waals surface area contributed by atoms with Crippen molar-refractivity contribution in [2.45, 2.75) is 44.7 Å². The van der Waals surface area contributed by atoms with Gasteiger partial charge in [0.05, 0.1) is 43.2 Å². The fourth-order valence-corrected chi connectivity index (χ4v) is 5.52. The van der Waals surface area contributed by atoms with E-state index in [4.69, 9.17) is 4.84 Å². The fraction of sp³-hybridized carbons (Fsp3) is 0.324. The van der Waals surface area contributed by atoms with Crippen molar-refractivity contribution >= 4 is 22.8 Å². The number of benzene rings is 3. The van der Waals surface area contributed by atoms with Gasteiger partial charge in [-0.1, -0.05) is 54.3 Å². The van der Waals surface area contributed by atoms with Gasteiger partial charge >= 0.3 is 0 Å². The van der Waals surface area contributed by atoms with Gasteiger partial charge in [-0.25, -0.2) is 4.98 Å². The molecule has 1 unspecified atom stereocenters. The van der Waals surface area contributed by atoms with E-state index in [2.05, 4.69) is 32.0 Å². The molecule has 1 aliphatic heterocycles. The Balaban J connectivity index is 1.20.